The van der Waals surface area contributed by atoms with Crippen molar-refractivity contribution in [3.05, 3.63) is 88.6 Å². The normalized spacial score (nSPS) is 12.6. The van der Waals surface area contributed by atoms with Gasteiger partial charge < -0.3 is 14.5 Å². The maximum Gasteiger partial charge on any atom is 0.338 e. The Labute approximate surface area is 183 Å². The fraction of sp³-hybridized carbons (Fsp3) is 0.0909. The molecular weight excluding hydrogens is 445 g/mol. The van der Waals surface area contributed by atoms with Crippen molar-refractivity contribution in [1.29, 1.82) is 0 Å². The van der Waals surface area contributed by atoms with Crippen LogP contribution in [-0.2, 0) is 16.1 Å². The van der Waals surface area contributed by atoms with E-state index in [9.17, 15) is 32.3 Å². The molecule has 33 heavy (non-hydrogen) atoms. The number of nitrogens with zero attached hydrogens (tertiary/aromatic N) is 1. The largest absolute Gasteiger partial charge is 0.467 e. The van der Waals surface area contributed by atoms with E-state index in [0.29, 0.717) is 11.8 Å². The third kappa shape index (κ3) is 4.20. The number of furan rings is 1. The molecule has 4 rings (SSSR count). The summed E-state index contributed by atoms with van der Waals surface area (Å²) in [5, 5.41) is 1.95. The summed E-state index contributed by atoms with van der Waals surface area (Å²) in [6, 6.07) is 8.33. The highest BCUT2D eigenvalue weighted by Gasteiger charge is 2.36. The number of benzene rings is 2. The van der Waals surface area contributed by atoms with Crippen molar-refractivity contribution in [3.8, 4) is 0 Å². The quantitative estimate of drug-likeness (QED) is 0.345. The van der Waals surface area contributed by atoms with Gasteiger partial charge in [-0.1, -0.05) is 0 Å². The molecule has 0 fully saturated rings. The van der Waals surface area contributed by atoms with Crippen LogP contribution in [0.25, 0.3) is 0 Å². The smallest absolute Gasteiger partial charge is 0.338 e. The highest BCUT2D eigenvalue weighted by atomic mass is 19.2. The van der Waals surface area contributed by atoms with Crippen LogP contribution in [0.3, 0.4) is 0 Å². The molecule has 2 aromatic carbocycles. The lowest BCUT2D eigenvalue weighted by Gasteiger charge is -2.11. The van der Waals surface area contributed by atoms with Crippen LogP contribution in [0, 0.1) is 17.5 Å². The molecule has 1 aliphatic heterocycles. The first-order valence-corrected chi connectivity index (χ1v) is 9.39. The zero-order valence-electron chi connectivity index (χ0n) is 16.6. The Bertz CT molecular complexity index is 1290. The summed E-state index contributed by atoms with van der Waals surface area (Å²) in [6.45, 7) is -0.953. The maximum atomic E-state index is 13.6. The lowest BCUT2D eigenvalue weighted by atomic mass is 10.1. The second-order valence-corrected chi connectivity index (χ2v) is 6.88. The molecule has 8 nitrogen and oxygen atoms in total. The van der Waals surface area contributed by atoms with Gasteiger partial charge in [0.1, 0.15) is 5.76 Å². The molecule has 1 N–H and O–H groups in total. The predicted molar refractivity (Wildman–Crippen MR) is 105 cm³/mol. The predicted octanol–water partition coefficient (Wildman–Crippen LogP) is 3.29. The van der Waals surface area contributed by atoms with Crippen LogP contribution in [-0.4, -0.2) is 35.2 Å². The van der Waals surface area contributed by atoms with Crippen molar-refractivity contribution in [2.45, 2.75) is 6.54 Å². The summed E-state index contributed by atoms with van der Waals surface area (Å²) in [4.78, 5) is 50.2. The first-order chi connectivity index (χ1) is 15.8. The van der Waals surface area contributed by atoms with Crippen LogP contribution in [0.5, 0.6) is 0 Å². The number of hydrogen-bond acceptors (Lipinski definition) is 6. The Morgan fingerprint density at radius 3 is 2.45 bits per heavy atom. The molecule has 0 bridgehead atoms. The Hall–Kier alpha value is -4.41. The van der Waals surface area contributed by atoms with Crippen molar-refractivity contribution in [2.24, 2.45) is 0 Å². The van der Waals surface area contributed by atoms with E-state index in [-0.39, 0.29) is 23.2 Å². The number of esters is 1. The van der Waals surface area contributed by atoms with E-state index in [2.05, 4.69) is 0 Å². The minimum Gasteiger partial charge on any atom is -0.467 e. The Morgan fingerprint density at radius 1 is 0.970 bits per heavy atom. The molecule has 3 aromatic rings. The van der Waals surface area contributed by atoms with Crippen molar-refractivity contribution < 1.29 is 41.5 Å². The van der Waals surface area contributed by atoms with Gasteiger partial charge in [0.05, 0.1) is 35.2 Å². The second-order valence-electron chi connectivity index (χ2n) is 6.88. The first kappa shape index (κ1) is 21.8. The van der Waals surface area contributed by atoms with Crippen LogP contribution < -0.4 is 5.32 Å². The number of nitrogens with one attached hydrogen (secondary N) is 1. The summed E-state index contributed by atoms with van der Waals surface area (Å²) in [5.41, 5.74) is -0.668. The fourth-order valence-corrected chi connectivity index (χ4v) is 3.14. The van der Waals surface area contributed by atoms with E-state index in [0.717, 1.165) is 17.0 Å². The summed E-state index contributed by atoms with van der Waals surface area (Å²) in [6.07, 6.45) is 1.40. The van der Waals surface area contributed by atoms with Crippen LogP contribution >= 0.6 is 0 Å². The molecule has 11 heteroatoms. The number of imide groups is 1. The van der Waals surface area contributed by atoms with Crippen molar-refractivity contribution in [3.63, 3.8) is 0 Å². The monoisotopic (exact) mass is 458 g/mol. The van der Waals surface area contributed by atoms with Gasteiger partial charge in [-0.2, -0.15) is 0 Å². The number of anilines is 1. The molecule has 0 saturated heterocycles. The van der Waals surface area contributed by atoms with Crippen molar-refractivity contribution in [2.75, 3.05) is 11.9 Å². The van der Waals surface area contributed by atoms with E-state index in [1.165, 1.54) is 18.4 Å². The van der Waals surface area contributed by atoms with E-state index in [4.69, 9.17) is 9.15 Å². The molecule has 168 valence electrons. The van der Waals surface area contributed by atoms with Gasteiger partial charge in [0, 0.05) is 0 Å². The molecule has 0 saturated carbocycles. The minimum atomic E-state index is -1.76. The molecule has 1 aliphatic rings. The first-order valence-electron chi connectivity index (χ1n) is 9.39. The number of hydrogen-bond donors (Lipinski definition) is 1. The number of halogens is 3. The highest BCUT2D eigenvalue weighted by molar-refractivity contribution is 6.21. The van der Waals surface area contributed by atoms with E-state index < -0.39 is 53.4 Å². The third-order valence-electron chi connectivity index (χ3n) is 4.74. The fourth-order valence-electron chi connectivity index (χ4n) is 3.14. The van der Waals surface area contributed by atoms with Crippen molar-refractivity contribution >= 4 is 29.4 Å². The summed E-state index contributed by atoms with van der Waals surface area (Å²) < 4.78 is 49.8. The van der Waals surface area contributed by atoms with Crippen LogP contribution in [0.4, 0.5) is 18.9 Å². The molecule has 2 heterocycles. The number of rotatable bonds is 6. The van der Waals surface area contributed by atoms with Gasteiger partial charge in [0.2, 0.25) is 0 Å². The molecule has 0 aliphatic carbocycles. The van der Waals surface area contributed by atoms with Gasteiger partial charge in [-0.25, -0.2) is 18.0 Å². The van der Waals surface area contributed by atoms with Crippen LogP contribution in [0.15, 0.2) is 53.1 Å². The topological polar surface area (TPSA) is 106 Å². The Kier molecular flexibility index (Phi) is 5.69. The van der Waals surface area contributed by atoms with Gasteiger partial charge in [0.15, 0.2) is 24.1 Å². The number of amides is 3. The molecular formula is C22H13F3N2O6. The zero-order valence-corrected chi connectivity index (χ0v) is 16.6. The number of ether oxygens (including phenoxy) is 1. The molecule has 0 spiro atoms. The van der Waals surface area contributed by atoms with Gasteiger partial charge in [0.25, 0.3) is 17.7 Å². The molecule has 3 amide bonds. The minimum absolute atomic E-state index is 0.0192. The second kappa shape index (κ2) is 8.61. The Morgan fingerprint density at radius 2 is 1.73 bits per heavy atom. The zero-order chi connectivity index (χ0) is 23.7. The van der Waals surface area contributed by atoms with E-state index >= 15 is 0 Å². The van der Waals surface area contributed by atoms with E-state index in [1.54, 1.807) is 12.1 Å². The molecule has 1 aromatic heterocycles. The maximum absolute atomic E-state index is 13.6. The molecule has 0 atom stereocenters. The number of fused-ring (bicyclic) bond motifs is 1. The van der Waals surface area contributed by atoms with Gasteiger partial charge in [-0.05, 0) is 42.5 Å². The highest BCUT2D eigenvalue weighted by Crippen LogP contribution is 2.26. The lowest BCUT2D eigenvalue weighted by molar-refractivity contribution is -0.119. The van der Waals surface area contributed by atoms with Gasteiger partial charge in [-0.15, -0.1) is 0 Å². The average Bonchev–Trinajstić information content (AvgIpc) is 3.40. The number of carbonyl (C=O) groups is 4. The van der Waals surface area contributed by atoms with Gasteiger partial charge >= 0.3 is 5.97 Å². The molecule has 0 unspecified atom stereocenters. The summed E-state index contributed by atoms with van der Waals surface area (Å²) in [5.74, 6) is -7.59. The third-order valence-corrected chi connectivity index (χ3v) is 4.74. The molecule has 0 radical (unpaired) electrons. The standard InChI is InChI=1S/C22H13F3N2O6/c23-15-5-6-16(19(25)18(15)24)26-17(28)10-33-22(31)11-3-4-13-14(8-11)21(30)27(20(13)29)9-12-2-1-7-32-12/h1-8H,9-10H2,(H,26,28). The Balaban J connectivity index is 1.41. The number of carbonyl (C=O) groups excluding carboxylic acids is 4. The SMILES string of the molecule is O=C(COC(=O)c1ccc2c(c1)C(=O)N(Cc1ccco1)C2=O)Nc1ccc(F)c(F)c1F. The van der Waals surface area contributed by atoms with Crippen molar-refractivity contribution in [1.82, 2.24) is 4.90 Å². The van der Waals surface area contributed by atoms with Crippen LogP contribution in [0.1, 0.15) is 36.8 Å². The lowest BCUT2D eigenvalue weighted by Crippen LogP contribution is -2.28. The summed E-state index contributed by atoms with van der Waals surface area (Å²) >= 11 is 0. The average molecular weight is 458 g/mol. The van der Waals surface area contributed by atoms with Gasteiger partial charge in [-0.3, -0.25) is 19.3 Å². The summed E-state index contributed by atoms with van der Waals surface area (Å²) in [7, 11) is 0. The van der Waals surface area contributed by atoms with Crippen LogP contribution in [0.2, 0.25) is 0 Å². The van der Waals surface area contributed by atoms with E-state index in [1.807, 2.05) is 5.32 Å².